The number of hydrogen-bond acceptors (Lipinski definition) is 7. The summed E-state index contributed by atoms with van der Waals surface area (Å²) >= 11 is 0. The molecule has 1 saturated heterocycles. The molecule has 3 aromatic carbocycles. The van der Waals surface area contributed by atoms with Crippen LogP contribution >= 0.6 is 0 Å². The quantitative estimate of drug-likeness (QED) is 0.319. The van der Waals surface area contributed by atoms with Gasteiger partial charge in [0, 0.05) is 13.1 Å². The van der Waals surface area contributed by atoms with Crippen molar-refractivity contribution >= 4 is 11.7 Å². The number of carbonyl (C=O) groups excluding carboxylic acids is 1. The summed E-state index contributed by atoms with van der Waals surface area (Å²) in [4.78, 5) is 28.0. The van der Waals surface area contributed by atoms with E-state index in [1.807, 2.05) is 79.4 Å². The molecule has 0 bridgehead atoms. The normalized spacial score (nSPS) is 13.7. The molecule has 1 aromatic heterocycles. The monoisotopic (exact) mass is 525 g/mol. The minimum Gasteiger partial charge on any atom is -0.508 e. The maximum atomic E-state index is 13.8. The molecule has 8 nitrogen and oxygen atoms in total. The first kappa shape index (κ1) is 26.0. The molecule has 0 saturated carbocycles. The maximum Gasteiger partial charge on any atom is 0.316 e. The molecular weight excluding hydrogens is 494 g/mol. The van der Waals surface area contributed by atoms with Crippen molar-refractivity contribution < 1.29 is 19.4 Å². The maximum absolute atomic E-state index is 13.8. The number of nitrogens with zero attached hydrogens (tertiary/aromatic N) is 3. The fourth-order valence-corrected chi connectivity index (χ4v) is 4.72. The third-order valence-corrected chi connectivity index (χ3v) is 6.92. The molecule has 8 heteroatoms. The average Bonchev–Trinajstić information content (AvgIpc) is 2.96. The van der Waals surface area contributed by atoms with E-state index in [0.717, 1.165) is 16.7 Å². The fourth-order valence-electron chi connectivity index (χ4n) is 4.72. The van der Waals surface area contributed by atoms with E-state index < -0.39 is 0 Å². The number of rotatable bonds is 7. The van der Waals surface area contributed by atoms with E-state index in [2.05, 4.69) is 5.10 Å². The van der Waals surface area contributed by atoms with Gasteiger partial charge in [0.05, 0.1) is 24.4 Å². The number of piperidine rings is 1. The van der Waals surface area contributed by atoms with Gasteiger partial charge in [0.15, 0.2) is 0 Å². The van der Waals surface area contributed by atoms with Gasteiger partial charge >= 0.3 is 11.5 Å². The van der Waals surface area contributed by atoms with Gasteiger partial charge in [0.25, 0.3) is 0 Å². The molecule has 39 heavy (non-hydrogen) atoms. The Bertz CT molecular complexity index is 1490. The van der Waals surface area contributed by atoms with Gasteiger partial charge in [0.1, 0.15) is 17.2 Å². The van der Waals surface area contributed by atoms with Gasteiger partial charge in [0.2, 0.25) is 5.75 Å². The number of carbonyl (C=O) groups is 1. The lowest BCUT2D eigenvalue weighted by Crippen LogP contribution is -2.38. The lowest BCUT2D eigenvalue weighted by Gasteiger charge is -2.33. The van der Waals surface area contributed by atoms with E-state index in [0.29, 0.717) is 49.7 Å². The molecule has 0 amide bonds. The molecule has 0 spiro atoms. The van der Waals surface area contributed by atoms with Crippen LogP contribution in [0.4, 0.5) is 5.69 Å². The van der Waals surface area contributed by atoms with Crippen LogP contribution in [0.2, 0.25) is 0 Å². The SMILES string of the molecule is CCOC(=O)C1CCN(c2cnn(-c3ccc(C)cc3)c(=O)c2Oc2ccc(-c3ccc(O)cc3)cc2)CC1. The second-order valence-electron chi connectivity index (χ2n) is 9.60. The number of aromatic nitrogens is 2. The van der Waals surface area contributed by atoms with Crippen LogP contribution in [-0.2, 0) is 9.53 Å². The largest absolute Gasteiger partial charge is 0.508 e. The van der Waals surface area contributed by atoms with Crippen molar-refractivity contribution in [2.75, 3.05) is 24.6 Å². The predicted octanol–water partition coefficient (Wildman–Crippen LogP) is 5.49. The van der Waals surface area contributed by atoms with Gasteiger partial charge in [-0.05, 0) is 74.2 Å². The van der Waals surface area contributed by atoms with Crippen LogP contribution in [-0.4, -0.2) is 40.6 Å². The Morgan fingerprint density at radius 2 is 1.56 bits per heavy atom. The summed E-state index contributed by atoms with van der Waals surface area (Å²) in [6.07, 6.45) is 2.91. The second-order valence-corrected chi connectivity index (χ2v) is 9.60. The average molecular weight is 526 g/mol. The van der Waals surface area contributed by atoms with Crippen LogP contribution in [0.3, 0.4) is 0 Å². The zero-order valence-corrected chi connectivity index (χ0v) is 22.0. The third kappa shape index (κ3) is 5.80. The molecule has 0 radical (unpaired) electrons. The van der Waals surface area contributed by atoms with Gasteiger partial charge in [-0.3, -0.25) is 9.59 Å². The van der Waals surface area contributed by atoms with E-state index in [9.17, 15) is 14.7 Å². The molecule has 0 unspecified atom stereocenters. The summed E-state index contributed by atoms with van der Waals surface area (Å²) in [5, 5.41) is 14.0. The molecule has 200 valence electrons. The van der Waals surface area contributed by atoms with Crippen molar-refractivity contribution in [1.29, 1.82) is 0 Å². The summed E-state index contributed by atoms with van der Waals surface area (Å²) in [5.74, 6) is 0.575. The highest BCUT2D eigenvalue weighted by atomic mass is 16.5. The van der Waals surface area contributed by atoms with Gasteiger partial charge in [-0.15, -0.1) is 0 Å². The number of aryl methyl sites for hydroxylation is 1. The summed E-state index contributed by atoms with van der Waals surface area (Å²) in [5.41, 5.74) is 3.86. The summed E-state index contributed by atoms with van der Waals surface area (Å²) in [6.45, 7) is 5.32. The fraction of sp³-hybridized carbons (Fsp3) is 0.258. The lowest BCUT2D eigenvalue weighted by atomic mass is 9.96. The first-order valence-corrected chi connectivity index (χ1v) is 13.1. The van der Waals surface area contributed by atoms with E-state index in [4.69, 9.17) is 9.47 Å². The number of ether oxygens (including phenoxy) is 2. The number of esters is 1. The number of phenolic OH excluding ortho intramolecular Hbond substituents is 1. The van der Waals surface area contributed by atoms with Gasteiger partial charge in [-0.2, -0.15) is 9.78 Å². The minimum atomic E-state index is -0.369. The van der Waals surface area contributed by atoms with Crippen LogP contribution in [0, 0.1) is 12.8 Å². The first-order valence-electron chi connectivity index (χ1n) is 13.1. The summed E-state index contributed by atoms with van der Waals surface area (Å²) < 4.78 is 12.8. The number of phenols is 1. The summed E-state index contributed by atoms with van der Waals surface area (Å²) in [7, 11) is 0. The zero-order valence-electron chi connectivity index (χ0n) is 22.0. The Balaban J connectivity index is 1.46. The van der Waals surface area contributed by atoms with Crippen LogP contribution in [0.15, 0.2) is 83.8 Å². The highest BCUT2D eigenvalue weighted by Crippen LogP contribution is 2.33. The highest BCUT2D eigenvalue weighted by molar-refractivity contribution is 5.73. The first-order chi connectivity index (χ1) is 18.9. The Labute approximate surface area is 227 Å². The molecule has 1 aliphatic rings. The molecule has 1 N–H and O–H groups in total. The van der Waals surface area contributed by atoms with Crippen LogP contribution in [0.25, 0.3) is 16.8 Å². The molecule has 5 rings (SSSR count). The molecule has 0 aliphatic carbocycles. The Morgan fingerprint density at radius 3 is 2.18 bits per heavy atom. The van der Waals surface area contributed by atoms with Gasteiger partial charge in [-0.25, -0.2) is 0 Å². The Morgan fingerprint density at radius 1 is 0.949 bits per heavy atom. The molecular formula is C31H31N3O5. The standard InChI is InChI=1S/C31H31N3O5/c1-3-38-31(37)24-16-18-33(19-17-24)28-20-32-34(25-10-4-21(2)5-11-25)30(36)29(28)39-27-14-8-23(9-15-27)22-6-12-26(35)13-7-22/h4-15,20,24,35H,3,16-19H2,1-2H3. The van der Waals surface area contributed by atoms with E-state index in [1.54, 1.807) is 18.3 Å². The van der Waals surface area contributed by atoms with Crippen molar-refractivity contribution in [3.8, 4) is 34.1 Å². The lowest BCUT2D eigenvalue weighted by molar-refractivity contribution is -0.148. The van der Waals surface area contributed by atoms with E-state index >= 15 is 0 Å². The number of aromatic hydroxyl groups is 1. The van der Waals surface area contributed by atoms with Crippen molar-refractivity contribution in [2.24, 2.45) is 5.92 Å². The van der Waals surface area contributed by atoms with Crippen molar-refractivity contribution in [3.05, 3.63) is 94.9 Å². The van der Waals surface area contributed by atoms with E-state index in [1.165, 1.54) is 4.68 Å². The zero-order chi connectivity index (χ0) is 27.4. The van der Waals surface area contributed by atoms with Crippen LogP contribution < -0.4 is 15.2 Å². The van der Waals surface area contributed by atoms with Gasteiger partial charge < -0.3 is 19.5 Å². The topological polar surface area (TPSA) is 93.9 Å². The van der Waals surface area contributed by atoms with Crippen molar-refractivity contribution in [3.63, 3.8) is 0 Å². The molecule has 0 atom stereocenters. The predicted molar refractivity (Wildman–Crippen MR) is 150 cm³/mol. The second kappa shape index (κ2) is 11.4. The molecule has 2 heterocycles. The van der Waals surface area contributed by atoms with Crippen LogP contribution in [0.5, 0.6) is 17.2 Å². The van der Waals surface area contributed by atoms with Crippen molar-refractivity contribution in [1.82, 2.24) is 9.78 Å². The number of hydrogen-bond donors (Lipinski definition) is 1. The van der Waals surface area contributed by atoms with Crippen LogP contribution in [0.1, 0.15) is 25.3 Å². The smallest absolute Gasteiger partial charge is 0.316 e. The van der Waals surface area contributed by atoms with E-state index in [-0.39, 0.29) is 28.9 Å². The molecule has 4 aromatic rings. The van der Waals surface area contributed by atoms with Gasteiger partial charge in [-0.1, -0.05) is 42.0 Å². The third-order valence-electron chi connectivity index (χ3n) is 6.92. The molecule has 1 fully saturated rings. The summed E-state index contributed by atoms with van der Waals surface area (Å²) in [6, 6.07) is 22.0. The Kier molecular flexibility index (Phi) is 7.63. The number of anilines is 1. The molecule has 1 aliphatic heterocycles. The minimum absolute atomic E-state index is 0.154. The number of benzene rings is 3. The highest BCUT2D eigenvalue weighted by Gasteiger charge is 2.29. The Hall–Kier alpha value is -4.59. The van der Waals surface area contributed by atoms with Crippen molar-refractivity contribution in [2.45, 2.75) is 26.7 Å².